The van der Waals surface area contributed by atoms with E-state index in [0.29, 0.717) is 22.4 Å². The van der Waals surface area contributed by atoms with E-state index in [1.54, 1.807) is 30.3 Å². The lowest BCUT2D eigenvalue weighted by molar-refractivity contribution is -0.274. The van der Waals surface area contributed by atoms with Crippen LogP contribution in [0, 0.1) is 63.7 Å². The number of benzene rings is 5. The predicted octanol–water partition coefficient (Wildman–Crippen LogP) is 21.4. The number of halogens is 9. The lowest BCUT2D eigenvalue weighted by Gasteiger charge is -2.09. The van der Waals surface area contributed by atoms with E-state index in [2.05, 4.69) is 59.5 Å². The molecule has 20 heteroatoms. The number of hydrogen-bond donors (Lipinski definition) is 0. The lowest BCUT2D eigenvalue weighted by Crippen LogP contribution is -2.17. The predicted molar refractivity (Wildman–Crippen MR) is 372 cm³/mol. The standard InChI is InChI=1S/C14H13F3N2O.C13H13ClN2.2C13H12F2N2.C13H13FN2.5C2H6/c1-9-12-6-3-7-19(12)18-13(9)10-4-2-5-11(8-10)20-14(15,16)17;1-9-12-6-3-7-16(12)15-13(9)10-4-2-5-11(14)8-10;1-8-12-3-2-6-17(12)16-13(8)10-5-4-9(14)7-11(10)15;1-8-12-3-2-6-17(12)16-13(8)9-4-5-10(14)11(15)7-9;1-9-12-6-3-7-16(12)15-13(9)10-4-2-5-11(14)8-10;5*1-2/h2,4-5,8H,3,6-7H2,1H3;2,4-5,8H,3,6-7H2,1H3;2*4-5,7H,2-3,6H2,1H3;2,4-5,8H,3,6-7H2,1H3;5*1-2H3. The molecule has 10 heterocycles. The van der Waals surface area contributed by atoms with Gasteiger partial charge in [-0.2, -0.15) is 25.5 Å². The van der Waals surface area contributed by atoms with Gasteiger partial charge in [-0.3, -0.25) is 23.4 Å². The number of hydrogen-bond acceptors (Lipinski definition) is 6. The number of nitrogens with zero attached hydrogens (tertiary/aromatic N) is 10. The summed E-state index contributed by atoms with van der Waals surface area (Å²) in [5.41, 5.74) is 19.7. The van der Waals surface area contributed by atoms with Crippen LogP contribution in [0.1, 0.15) is 158 Å². The quantitative estimate of drug-likeness (QED) is 0.154. The highest BCUT2D eigenvalue weighted by Crippen LogP contribution is 2.36. The third-order valence-electron chi connectivity index (χ3n) is 16.4. The molecule has 5 aliphatic heterocycles. The smallest absolute Gasteiger partial charge is 0.406 e. The van der Waals surface area contributed by atoms with E-state index in [9.17, 15) is 35.1 Å². The minimum absolute atomic E-state index is 0.204. The number of rotatable bonds is 6. The van der Waals surface area contributed by atoms with Gasteiger partial charge >= 0.3 is 6.36 Å². The number of aromatic nitrogens is 10. The normalized spacial score (nSPS) is 13.0. The molecule has 0 spiro atoms. The van der Waals surface area contributed by atoms with Gasteiger partial charge in [-0.1, -0.05) is 117 Å². The Morgan fingerprint density at radius 1 is 0.354 bits per heavy atom. The Kier molecular flexibility index (Phi) is 28.9. The van der Waals surface area contributed by atoms with Crippen LogP contribution in [0.4, 0.5) is 35.1 Å². The highest BCUT2D eigenvalue weighted by atomic mass is 35.5. The van der Waals surface area contributed by atoms with Gasteiger partial charge in [0.15, 0.2) is 11.6 Å². The molecule has 0 fully saturated rings. The number of aryl methyl sites for hydroxylation is 5. The summed E-state index contributed by atoms with van der Waals surface area (Å²) >= 11 is 6.01. The van der Waals surface area contributed by atoms with Gasteiger partial charge in [-0.25, -0.2) is 22.0 Å². The zero-order chi connectivity index (χ0) is 70.6. The van der Waals surface area contributed by atoms with E-state index in [1.807, 2.05) is 128 Å². The van der Waals surface area contributed by atoms with E-state index < -0.39 is 29.6 Å². The molecule has 11 nitrogen and oxygen atoms in total. The molecule has 0 radical (unpaired) electrons. The van der Waals surface area contributed by atoms with Gasteiger partial charge in [0, 0.05) is 100 Å². The summed E-state index contributed by atoms with van der Waals surface area (Å²) in [6, 6.07) is 28.1. The van der Waals surface area contributed by atoms with Gasteiger partial charge in [0.05, 0.1) is 28.5 Å². The molecule has 96 heavy (non-hydrogen) atoms. The first-order valence-electron chi connectivity index (χ1n) is 33.9. The topological polar surface area (TPSA) is 98.3 Å². The fraction of sp³-hybridized carbons (Fsp3) is 0.408. The molecule has 5 aromatic heterocycles. The monoisotopic (exact) mass is 1350 g/mol. The molecule has 0 saturated carbocycles. The van der Waals surface area contributed by atoms with Crippen LogP contribution in [-0.4, -0.2) is 55.3 Å². The average Bonchev–Trinajstić information content (AvgIpc) is 1.67. The summed E-state index contributed by atoms with van der Waals surface area (Å²) in [4.78, 5) is 0. The summed E-state index contributed by atoms with van der Waals surface area (Å²) in [5, 5.41) is 23.3. The maximum absolute atomic E-state index is 13.7. The minimum atomic E-state index is -4.68. The van der Waals surface area contributed by atoms with E-state index in [0.717, 1.165) is 152 Å². The fourth-order valence-electron chi connectivity index (χ4n) is 12.2. The van der Waals surface area contributed by atoms with Crippen molar-refractivity contribution in [1.82, 2.24) is 48.9 Å². The van der Waals surface area contributed by atoms with Crippen LogP contribution >= 0.6 is 11.6 Å². The number of alkyl halides is 3. The fourth-order valence-corrected chi connectivity index (χ4v) is 12.4. The van der Waals surface area contributed by atoms with Gasteiger partial charge in [0.2, 0.25) is 0 Å². The van der Waals surface area contributed by atoms with Gasteiger partial charge in [0.1, 0.15) is 23.2 Å². The molecule has 5 aromatic carbocycles. The Morgan fingerprint density at radius 2 is 0.698 bits per heavy atom. The van der Waals surface area contributed by atoms with Crippen LogP contribution in [0.25, 0.3) is 56.3 Å². The maximum atomic E-state index is 13.7. The van der Waals surface area contributed by atoms with E-state index in [1.165, 1.54) is 88.8 Å². The molecule has 15 rings (SSSR count). The van der Waals surface area contributed by atoms with Gasteiger partial charge in [-0.05, 0) is 193 Å². The van der Waals surface area contributed by atoms with Gasteiger partial charge in [-0.15, -0.1) is 13.2 Å². The van der Waals surface area contributed by atoms with Crippen molar-refractivity contribution in [3.8, 4) is 62.0 Å². The molecule has 0 bridgehead atoms. The summed E-state index contributed by atoms with van der Waals surface area (Å²) in [6.45, 7) is 34.8. The number of fused-ring (bicyclic) bond motifs is 5. The van der Waals surface area contributed by atoms with Crippen LogP contribution in [0.5, 0.6) is 5.75 Å². The van der Waals surface area contributed by atoms with E-state index in [-0.39, 0.29) is 11.6 Å². The van der Waals surface area contributed by atoms with Crippen molar-refractivity contribution < 1.29 is 39.9 Å². The van der Waals surface area contributed by atoms with Crippen molar-refractivity contribution in [2.24, 2.45) is 0 Å². The second kappa shape index (κ2) is 36.1. The second-order valence-electron chi connectivity index (χ2n) is 22.1. The number of ether oxygens (including phenoxy) is 1. The molecule has 0 atom stereocenters. The molecule has 5 aliphatic rings. The van der Waals surface area contributed by atoms with Crippen molar-refractivity contribution in [2.45, 2.75) is 207 Å². The Balaban J connectivity index is 0.000000184. The third kappa shape index (κ3) is 18.4. The zero-order valence-corrected chi connectivity index (χ0v) is 59.0. The first kappa shape index (κ1) is 76.7. The second-order valence-corrected chi connectivity index (χ2v) is 22.5. The average molecular weight is 1350 g/mol. The molecular formula is C76H93ClF8N10O. The van der Waals surface area contributed by atoms with Crippen molar-refractivity contribution in [2.75, 3.05) is 0 Å². The first-order chi connectivity index (χ1) is 46.3. The van der Waals surface area contributed by atoms with Gasteiger partial charge in [0.25, 0.3) is 0 Å². The highest BCUT2D eigenvalue weighted by Gasteiger charge is 2.32. The molecule has 10 aromatic rings. The van der Waals surface area contributed by atoms with E-state index >= 15 is 0 Å². The van der Waals surface area contributed by atoms with Crippen LogP contribution in [0.3, 0.4) is 0 Å². The Bertz CT molecular complexity index is 4040. The third-order valence-corrected chi connectivity index (χ3v) is 16.7. The molecule has 516 valence electrons. The van der Waals surface area contributed by atoms with Gasteiger partial charge < -0.3 is 4.74 Å². The molecule has 0 N–H and O–H groups in total. The zero-order valence-electron chi connectivity index (χ0n) is 58.3. The van der Waals surface area contributed by atoms with Crippen molar-refractivity contribution in [3.63, 3.8) is 0 Å². The SMILES string of the molecule is CC.CC.CC.CC.CC.Cc1c(-c2ccc(F)c(F)c2)nn2c1CCC2.Cc1c(-c2ccc(F)cc2F)nn2c1CCC2.Cc1c(-c2cccc(Cl)c2)nn2c1CCC2.Cc1c(-c2cccc(F)c2)nn2c1CCC2.Cc1c(-c2cccc(OC(F)(F)F)c2)nn2c1CCC2. The van der Waals surface area contributed by atoms with Crippen LogP contribution in [0.15, 0.2) is 109 Å². The molecule has 0 amide bonds. The van der Waals surface area contributed by atoms with Crippen LogP contribution < -0.4 is 4.74 Å². The first-order valence-corrected chi connectivity index (χ1v) is 34.3. The summed E-state index contributed by atoms with van der Waals surface area (Å²) < 4.78 is 116. The van der Waals surface area contributed by atoms with Crippen LogP contribution in [0.2, 0.25) is 5.02 Å². The summed E-state index contributed by atoms with van der Waals surface area (Å²) in [6.07, 6.45) is 6.21. The summed E-state index contributed by atoms with van der Waals surface area (Å²) in [5.74, 6) is -3.18. The largest absolute Gasteiger partial charge is 0.573 e. The molecular weight excluding hydrogens is 1260 g/mol. The summed E-state index contributed by atoms with van der Waals surface area (Å²) in [7, 11) is 0. The van der Waals surface area contributed by atoms with Crippen molar-refractivity contribution in [3.05, 3.63) is 200 Å². The highest BCUT2D eigenvalue weighted by molar-refractivity contribution is 6.30. The van der Waals surface area contributed by atoms with Crippen molar-refractivity contribution in [1.29, 1.82) is 0 Å². The minimum Gasteiger partial charge on any atom is -0.406 e. The Morgan fingerprint density at radius 3 is 1.06 bits per heavy atom. The van der Waals surface area contributed by atoms with Crippen molar-refractivity contribution >= 4 is 11.6 Å². The molecule has 0 unspecified atom stereocenters. The maximum Gasteiger partial charge on any atom is 0.573 e. The molecule has 0 saturated heterocycles. The Labute approximate surface area is 566 Å². The van der Waals surface area contributed by atoms with Crippen LogP contribution in [-0.2, 0) is 64.8 Å². The van der Waals surface area contributed by atoms with E-state index in [4.69, 9.17) is 11.6 Å². The lowest BCUT2D eigenvalue weighted by atomic mass is 10.1. The Hall–Kier alpha value is -8.32. The molecule has 0 aliphatic carbocycles.